The Kier molecular flexibility index (Phi) is 7.52. The summed E-state index contributed by atoms with van der Waals surface area (Å²) in [5, 5.41) is 15.3. The zero-order valence-corrected chi connectivity index (χ0v) is 36.6. The summed E-state index contributed by atoms with van der Waals surface area (Å²) < 4.78 is 0. The van der Waals surface area contributed by atoms with Gasteiger partial charge in [0.25, 0.3) is 0 Å². The molecule has 0 unspecified atom stereocenters. The van der Waals surface area contributed by atoms with Crippen LogP contribution in [0.1, 0.15) is 22.3 Å². The molecule has 0 heterocycles. The summed E-state index contributed by atoms with van der Waals surface area (Å²) in [6, 6.07) is 91.4. The molecule has 0 fully saturated rings. The zero-order valence-electron chi connectivity index (χ0n) is 36.6. The highest BCUT2D eigenvalue weighted by Crippen LogP contribution is 2.66. The molecule has 0 aliphatic heterocycles. The quantitative estimate of drug-likeness (QED) is 0.123. The van der Waals surface area contributed by atoms with Crippen LogP contribution in [0.2, 0.25) is 0 Å². The van der Waals surface area contributed by atoms with E-state index in [1.807, 2.05) is 0 Å². The van der Waals surface area contributed by atoms with Gasteiger partial charge in [-0.05, 0) is 155 Å². The molecule has 308 valence electrons. The van der Waals surface area contributed by atoms with Crippen molar-refractivity contribution in [1.82, 2.24) is 0 Å². The minimum Gasteiger partial charge on any atom is -0.0619 e. The van der Waals surface area contributed by atoms with Gasteiger partial charge in [0.05, 0.1) is 5.41 Å². The van der Waals surface area contributed by atoms with Crippen LogP contribution in [0.15, 0.2) is 243 Å². The van der Waals surface area contributed by atoms with Crippen molar-refractivity contribution >= 4 is 64.6 Å². The molecule has 67 heavy (non-hydrogen) atoms. The predicted molar refractivity (Wildman–Crippen MR) is 284 cm³/mol. The van der Waals surface area contributed by atoms with Gasteiger partial charge in [-0.1, -0.05) is 231 Å². The Hall–Kier alpha value is -8.58. The maximum Gasteiger partial charge on any atom is 0.0732 e. The molecule has 2 aliphatic carbocycles. The minimum atomic E-state index is -0.480. The van der Waals surface area contributed by atoms with Crippen LogP contribution < -0.4 is 0 Å². The molecule has 0 radical (unpaired) electrons. The SMILES string of the molecule is c1cc(-c2ccc3c4c(c5ccccc5c3c2)-c2c(ccc3ccccc23)C42c3ccccc3-c3ccccc32)cc(-c2c3ccccc3c(-c3cccc4ccccc34)c3ccccc23)c1. The van der Waals surface area contributed by atoms with E-state index in [1.54, 1.807) is 0 Å². The Labute approximate surface area is 388 Å². The molecule has 0 amide bonds. The number of rotatable bonds is 3. The summed E-state index contributed by atoms with van der Waals surface area (Å²) in [7, 11) is 0. The lowest BCUT2D eigenvalue weighted by Gasteiger charge is -2.32. The third kappa shape index (κ3) is 4.86. The fraction of sp³-hybridized carbons (Fsp3) is 0.0149. The van der Waals surface area contributed by atoms with Gasteiger partial charge < -0.3 is 0 Å². The summed E-state index contributed by atoms with van der Waals surface area (Å²) in [4.78, 5) is 0. The van der Waals surface area contributed by atoms with E-state index in [0.29, 0.717) is 0 Å². The van der Waals surface area contributed by atoms with Crippen molar-refractivity contribution < 1.29 is 0 Å². The smallest absolute Gasteiger partial charge is 0.0619 e. The number of hydrogen-bond donors (Lipinski definition) is 0. The maximum atomic E-state index is 2.48. The van der Waals surface area contributed by atoms with Gasteiger partial charge in [0, 0.05) is 0 Å². The second-order valence-electron chi connectivity index (χ2n) is 18.6. The van der Waals surface area contributed by atoms with Gasteiger partial charge in [-0.15, -0.1) is 0 Å². The summed E-state index contributed by atoms with van der Waals surface area (Å²) in [6.45, 7) is 0. The van der Waals surface area contributed by atoms with E-state index in [2.05, 4.69) is 243 Å². The zero-order chi connectivity index (χ0) is 43.8. The highest BCUT2D eigenvalue weighted by molar-refractivity contribution is 6.25. The lowest BCUT2D eigenvalue weighted by atomic mass is 9.69. The Morgan fingerprint density at radius 2 is 0.687 bits per heavy atom. The molecule has 0 nitrogen and oxygen atoms in total. The fourth-order valence-electron chi connectivity index (χ4n) is 12.8. The lowest BCUT2D eigenvalue weighted by molar-refractivity contribution is 0.802. The van der Waals surface area contributed by atoms with E-state index in [-0.39, 0.29) is 0 Å². The van der Waals surface area contributed by atoms with E-state index in [4.69, 9.17) is 0 Å². The molecule has 13 aromatic carbocycles. The van der Waals surface area contributed by atoms with E-state index in [9.17, 15) is 0 Å². The highest BCUT2D eigenvalue weighted by atomic mass is 14.5. The van der Waals surface area contributed by atoms with Crippen molar-refractivity contribution in [2.24, 2.45) is 0 Å². The van der Waals surface area contributed by atoms with Crippen LogP contribution in [-0.2, 0) is 5.41 Å². The molecule has 0 atom stereocenters. The van der Waals surface area contributed by atoms with Crippen LogP contribution in [0.5, 0.6) is 0 Å². The van der Waals surface area contributed by atoms with Gasteiger partial charge in [-0.3, -0.25) is 0 Å². The molecular formula is C67H40. The van der Waals surface area contributed by atoms with E-state index in [0.717, 1.165) is 0 Å². The minimum absolute atomic E-state index is 0.480. The predicted octanol–water partition coefficient (Wildman–Crippen LogP) is 18.0. The molecule has 1 spiro atoms. The first-order chi connectivity index (χ1) is 33.3. The number of fused-ring (bicyclic) bond motifs is 20. The second-order valence-corrected chi connectivity index (χ2v) is 18.6. The number of hydrogen-bond acceptors (Lipinski definition) is 0. The molecule has 0 aromatic heterocycles. The largest absolute Gasteiger partial charge is 0.0732 e. The molecule has 0 N–H and O–H groups in total. The summed E-state index contributed by atoms with van der Waals surface area (Å²) in [5.41, 5.74) is 17.9. The van der Waals surface area contributed by atoms with Crippen molar-refractivity contribution in [2.45, 2.75) is 5.41 Å². The molecule has 2 aliphatic rings. The van der Waals surface area contributed by atoms with Crippen LogP contribution >= 0.6 is 0 Å². The van der Waals surface area contributed by atoms with Gasteiger partial charge in [-0.25, -0.2) is 0 Å². The van der Waals surface area contributed by atoms with Crippen LogP contribution in [-0.4, -0.2) is 0 Å². The molecule has 13 aromatic rings. The van der Waals surface area contributed by atoms with Crippen molar-refractivity contribution in [3.05, 3.63) is 265 Å². The molecular weight excluding hydrogens is 805 g/mol. The normalized spacial score (nSPS) is 13.2. The lowest BCUT2D eigenvalue weighted by Crippen LogP contribution is -2.26. The van der Waals surface area contributed by atoms with Crippen LogP contribution in [0.25, 0.3) is 120 Å². The second kappa shape index (κ2) is 13.7. The Bertz CT molecular complexity index is 4170. The van der Waals surface area contributed by atoms with Crippen molar-refractivity contribution in [3.63, 3.8) is 0 Å². The molecule has 15 rings (SSSR count). The van der Waals surface area contributed by atoms with E-state index >= 15 is 0 Å². The standard InChI is InChI=1S/C67H40/c1-3-22-46-41(17-1)19-16-32-51(46)63-55-30-9-7-28-53(55)62(54-29-8-10-31-56(54)63)45-21-15-20-43(39-45)44-35-37-57-58(40-44)48-24-5-6-27-52(48)65-64-47-23-4-2-18-42(47)36-38-61(64)67(66(57)65)59-33-13-11-25-49(59)50-26-12-14-34-60(50)67/h1-40H. The first-order valence-corrected chi connectivity index (χ1v) is 23.5. The van der Waals surface area contributed by atoms with Gasteiger partial charge in [0.1, 0.15) is 0 Å². The average Bonchev–Trinajstić information content (AvgIpc) is 3.88. The summed E-state index contributed by atoms with van der Waals surface area (Å²) in [5.74, 6) is 0. The van der Waals surface area contributed by atoms with Crippen LogP contribution in [0.4, 0.5) is 0 Å². The Balaban J connectivity index is 0.992. The van der Waals surface area contributed by atoms with Gasteiger partial charge in [0.2, 0.25) is 0 Å². The highest BCUT2D eigenvalue weighted by Gasteiger charge is 2.53. The Morgan fingerprint density at radius 1 is 0.209 bits per heavy atom. The first kappa shape index (κ1) is 36.7. The monoisotopic (exact) mass is 844 g/mol. The van der Waals surface area contributed by atoms with Gasteiger partial charge in [-0.2, -0.15) is 0 Å². The maximum absolute atomic E-state index is 2.48. The van der Waals surface area contributed by atoms with Gasteiger partial charge >= 0.3 is 0 Å². The summed E-state index contributed by atoms with van der Waals surface area (Å²) >= 11 is 0. The van der Waals surface area contributed by atoms with Gasteiger partial charge in [0.15, 0.2) is 0 Å². The molecule has 0 saturated heterocycles. The molecule has 0 saturated carbocycles. The third-order valence-corrected chi connectivity index (χ3v) is 15.4. The topological polar surface area (TPSA) is 0 Å². The Morgan fingerprint density at radius 3 is 1.37 bits per heavy atom. The van der Waals surface area contributed by atoms with Crippen LogP contribution in [0.3, 0.4) is 0 Å². The van der Waals surface area contributed by atoms with Crippen molar-refractivity contribution in [2.75, 3.05) is 0 Å². The molecule has 0 heteroatoms. The van der Waals surface area contributed by atoms with Crippen molar-refractivity contribution in [3.8, 4) is 55.6 Å². The van der Waals surface area contributed by atoms with Crippen LogP contribution in [0, 0.1) is 0 Å². The van der Waals surface area contributed by atoms with E-state index < -0.39 is 5.41 Å². The third-order valence-electron chi connectivity index (χ3n) is 15.4. The average molecular weight is 845 g/mol. The van der Waals surface area contributed by atoms with E-state index in [1.165, 1.54) is 143 Å². The summed E-state index contributed by atoms with van der Waals surface area (Å²) in [6.07, 6.45) is 0. The fourth-order valence-corrected chi connectivity index (χ4v) is 12.8. The molecule has 0 bridgehead atoms. The first-order valence-electron chi connectivity index (χ1n) is 23.5. The van der Waals surface area contributed by atoms with Crippen molar-refractivity contribution in [1.29, 1.82) is 0 Å². The number of benzene rings is 13.